The first-order chi connectivity index (χ1) is 8.16. The highest BCUT2D eigenvalue weighted by molar-refractivity contribution is 6.30. The van der Waals surface area contributed by atoms with Crippen molar-refractivity contribution in [1.29, 1.82) is 0 Å². The number of hydrogen-bond donors (Lipinski definition) is 0. The van der Waals surface area contributed by atoms with Gasteiger partial charge in [-0.3, -0.25) is 4.79 Å². The van der Waals surface area contributed by atoms with Gasteiger partial charge in [0.1, 0.15) is 5.82 Å². The molecule has 0 radical (unpaired) electrons. The maximum absolute atomic E-state index is 11.9. The zero-order valence-electron chi connectivity index (χ0n) is 9.56. The minimum Gasteiger partial charge on any atom is -0.335 e. The van der Waals surface area contributed by atoms with Gasteiger partial charge in [0.05, 0.1) is 0 Å². The quantitative estimate of drug-likeness (QED) is 0.780. The van der Waals surface area contributed by atoms with Gasteiger partial charge in [-0.2, -0.15) is 0 Å². The summed E-state index contributed by atoms with van der Waals surface area (Å²) >= 11 is 5.77. The Hall–Kier alpha value is -1.61. The number of carbonyl (C=O) groups excluding carboxylic acids is 1. The molecule has 0 bridgehead atoms. The van der Waals surface area contributed by atoms with Crippen molar-refractivity contribution in [2.24, 2.45) is 0 Å². The van der Waals surface area contributed by atoms with E-state index in [1.165, 1.54) is 0 Å². The molecule has 0 spiro atoms. The largest absolute Gasteiger partial charge is 0.335 e. The number of halogens is 1. The van der Waals surface area contributed by atoms with Crippen LogP contribution in [0.5, 0.6) is 0 Å². The molecule has 4 heteroatoms. The van der Waals surface area contributed by atoms with Gasteiger partial charge in [-0.1, -0.05) is 11.6 Å². The van der Waals surface area contributed by atoms with Crippen molar-refractivity contribution in [2.45, 2.75) is 19.9 Å². The molecule has 0 aliphatic heterocycles. The maximum atomic E-state index is 11.9. The summed E-state index contributed by atoms with van der Waals surface area (Å²) < 4.78 is 1.97. The lowest BCUT2D eigenvalue weighted by Crippen LogP contribution is -2.06. The lowest BCUT2D eigenvalue weighted by atomic mass is 10.1. The number of aryl methyl sites for hydroxylation is 2. The minimum absolute atomic E-state index is 0.120. The standard InChI is InChI=1S/C13H13ClN2O/c1-10-15-7-9-16(10)8-6-13(17)11-2-4-12(14)5-3-11/h2-5,7,9H,6,8H2,1H3. The van der Waals surface area contributed by atoms with E-state index in [1.807, 2.05) is 17.7 Å². The summed E-state index contributed by atoms with van der Waals surface area (Å²) in [6.45, 7) is 2.58. The number of imidazole rings is 1. The van der Waals surface area contributed by atoms with E-state index in [0.717, 1.165) is 5.82 Å². The fraction of sp³-hybridized carbons (Fsp3) is 0.231. The number of Topliss-reactive ketones (excluding diaryl/α,β-unsaturated/α-hetero) is 1. The average molecular weight is 249 g/mol. The predicted molar refractivity (Wildman–Crippen MR) is 67.4 cm³/mol. The van der Waals surface area contributed by atoms with Gasteiger partial charge in [0.15, 0.2) is 5.78 Å². The Morgan fingerprint density at radius 3 is 2.65 bits per heavy atom. The SMILES string of the molecule is Cc1nccn1CCC(=O)c1ccc(Cl)cc1. The zero-order valence-corrected chi connectivity index (χ0v) is 10.3. The van der Waals surface area contributed by atoms with E-state index in [-0.39, 0.29) is 5.78 Å². The predicted octanol–water partition coefficient (Wildman–Crippen LogP) is 3.12. The summed E-state index contributed by atoms with van der Waals surface area (Å²) in [6, 6.07) is 6.98. The molecule has 0 N–H and O–H groups in total. The van der Waals surface area contributed by atoms with Gasteiger partial charge in [-0.05, 0) is 31.2 Å². The van der Waals surface area contributed by atoms with Gasteiger partial charge in [-0.15, -0.1) is 0 Å². The van der Waals surface area contributed by atoms with Gasteiger partial charge in [0.25, 0.3) is 0 Å². The van der Waals surface area contributed by atoms with Gasteiger partial charge in [0.2, 0.25) is 0 Å². The van der Waals surface area contributed by atoms with Gasteiger partial charge in [-0.25, -0.2) is 4.98 Å². The lowest BCUT2D eigenvalue weighted by molar-refractivity contribution is 0.0977. The van der Waals surface area contributed by atoms with E-state index in [1.54, 1.807) is 30.5 Å². The topological polar surface area (TPSA) is 34.9 Å². The fourth-order valence-corrected chi connectivity index (χ4v) is 1.77. The van der Waals surface area contributed by atoms with Crippen molar-refractivity contribution in [1.82, 2.24) is 9.55 Å². The molecule has 88 valence electrons. The first kappa shape index (κ1) is 11.9. The van der Waals surface area contributed by atoms with Crippen LogP contribution in [0.4, 0.5) is 0 Å². The molecular weight excluding hydrogens is 236 g/mol. The summed E-state index contributed by atoms with van der Waals surface area (Å²) in [6.07, 6.45) is 4.09. The first-order valence-electron chi connectivity index (χ1n) is 5.43. The molecule has 1 aromatic heterocycles. The number of benzene rings is 1. The van der Waals surface area contributed by atoms with Crippen LogP contribution in [0, 0.1) is 6.92 Å². The summed E-state index contributed by atoms with van der Waals surface area (Å²) in [7, 11) is 0. The van der Waals surface area contributed by atoms with E-state index >= 15 is 0 Å². The highest BCUT2D eigenvalue weighted by Gasteiger charge is 2.06. The smallest absolute Gasteiger partial charge is 0.164 e. The van der Waals surface area contributed by atoms with Crippen molar-refractivity contribution in [2.75, 3.05) is 0 Å². The second-order valence-electron chi connectivity index (χ2n) is 3.85. The van der Waals surface area contributed by atoms with Crippen LogP contribution in [0.2, 0.25) is 5.02 Å². The second-order valence-corrected chi connectivity index (χ2v) is 4.28. The molecule has 1 heterocycles. The molecule has 0 amide bonds. The van der Waals surface area contributed by atoms with Crippen LogP contribution in [0.15, 0.2) is 36.7 Å². The van der Waals surface area contributed by atoms with Crippen molar-refractivity contribution in [3.8, 4) is 0 Å². The Labute approximate surface area is 105 Å². The molecule has 0 unspecified atom stereocenters. The molecule has 1 aromatic carbocycles. The van der Waals surface area contributed by atoms with Crippen LogP contribution in [0.3, 0.4) is 0 Å². The molecule has 2 aromatic rings. The summed E-state index contributed by atoms with van der Waals surface area (Å²) in [5, 5.41) is 0.645. The number of nitrogens with zero attached hydrogens (tertiary/aromatic N) is 2. The maximum Gasteiger partial charge on any atom is 0.164 e. The van der Waals surface area contributed by atoms with E-state index in [0.29, 0.717) is 23.6 Å². The molecule has 2 rings (SSSR count). The van der Waals surface area contributed by atoms with Crippen LogP contribution in [-0.4, -0.2) is 15.3 Å². The lowest BCUT2D eigenvalue weighted by Gasteiger charge is -2.04. The molecule has 0 aliphatic rings. The first-order valence-corrected chi connectivity index (χ1v) is 5.81. The van der Waals surface area contributed by atoms with Gasteiger partial charge >= 0.3 is 0 Å². The van der Waals surface area contributed by atoms with Crippen molar-refractivity contribution < 1.29 is 4.79 Å². The number of carbonyl (C=O) groups is 1. The fourth-order valence-electron chi connectivity index (χ4n) is 1.64. The Bertz CT molecular complexity index is 516. The van der Waals surface area contributed by atoms with Crippen LogP contribution in [-0.2, 0) is 6.54 Å². The molecular formula is C13H13ClN2O. The van der Waals surface area contributed by atoms with Crippen LogP contribution < -0.4 is 0 Å². The third-order valence-electron chi connectivity index (χ3n) is 2.67. The van der Waals surface area contributed by atoms with Crippen molar-refractivity contribution in [3.05, 3.63) is 53.1 Å². The highest BCUT2D eigenvalue weighted by Crippen LogP contribution is 2.11. The van der Waals surface area contributed by atoms with E-state index < -0.39 is 0 Å². The van der Waals surface area contributed by atoms with Crippen LogP contribution in [0.1, 0.15) is 22.6 Å². The monoisotopic (exact) mass is 248 g/mol. The zero-order chi connectivity index (χ0) is 12.3. The van der Waals surface area contributed by atoms with Gasteiger partial charge < -0.3 is 4.57 Å². The normalized spacial score (nSPS) is 10.5. The molecule has 17 heavy (non-hydrogen) atoms. The third-order valence-corrected chi connectivity index (χ3v) is 2.92. The molecule has 0 atom stereocenters. The molecule has 0 saturated heterocycles. The summed E-state index contributed by atoms with van der Waals surface area (Å²) in [5.74, 6) is 1.05. The Kier molecular flexibility index (Phi) is 3.59. The molecule has 0 saturated carbocycles. The Morgan fingerprint density at radius 2 is 2.06 bits per heavy atom. The van der Waals surface area contributed by atoms with E-state index in [4.69, 9.17) is 11.6 Å². The number of ketones is 1. The van der Waals surface area contributed by atoms with E-state index in [2.05, 4.69) is 4.98 Å². The van der Waals surface area contributed by atoms with Crippen molar-refractivity contribution in [3.63, 3.8) is 0 Å². The summed E-state index contributed by atoms with van der Waals surface area (Å²) in [4.78, 5) is 16.0. The molecule has 0 aliphatic carbocycles. The third kappa shape index (κ3) is 2.94. The Morgan fingerprint density at radius 1 is 1.35 bits per heavy atom. The summed E-state index contributed by atoms with van der Waals surface area (Å²) in [5.41, 5.74) is 0.701. The molecule has 0 fully saturated rings. The second kappa shape index (κ2) is 5.15. The molecule has 3 nitrogen and oxygen atoms in total. The van der Waals surface area contributed by atoms with E-state index in [9.17, 15) is 4.79 Å². The number of rotatable bonds is 4. The minimum atomic E-state index is 0.120. The number of hydrogen-bond acceptors (Lipinski definition) is 2. The van der Waals surface area contributed by atoms with Crippen LogP contribution >= 0.6 is 11.6 Å². The average Bonchev–Trinajstić information content (AvgIpc) is 2.73. The highest BCUT2D eigenvalue weighted by atomic mass is 35.5. The number of aromatic nitrogens is 2. The van der Waals surface area contributed by atoms with Crippen molar-refractivity contribution >= 4 is 17.4 Å². The van der Waals surface area contributed by atoms with Crippen LogP contribution in [0.25, 0.3) is 0 Å². The van der Waals surface area contributed by atoms with Gasteiger partial charge in [0, 0.05) is 35.9 Å². The Balaban J connectivity index is 1.98.